The lowest BCUT2D eigenvalue weighted by Crippen LogP contribution is -2.40. The van der Waals surface area contributed by atoms with E-state index in [4.69, 9.17) is 9.51 Å². The molecule has 4 rings (SSSR count). The van der Waals surface area contributed by atoms with E-state index in [1.54, 1.807) is 0 Å². The number of aryl methyl sites for hydroxylation is 1. The van der Waals surface area contributed by atoms with Gasteiger partial charge in [-0.05, 0) is 51.9 Å². The molecule has 1 aliphatic carbocycles. The first-order valence-corrected chi connectivity index (χ1v) is 11.7. The van der Waals surface area contributed by atoms with Crippen molar-refractivity contribution in [2.45, 2.75) is 77.7 Å². The number of amides is 1. The third kappa shape index (κ3) is 4.60. The van der Waals surface area contributed by atoms with Gasteiger partial charge in [0.2, 0.25) is 11.9 Å². The fourth-order valence-electron chi connectivity index (χ4n) is 4.97. The van der Waals surface area contributed by atoms with Crippen LogP contribution < -0.4 is 4.90 Å². The van der Waals surface area contributed by atoms with Gasteiger partial charge < -0.3 is 14.3 Å². The Bertz CT molecular complexity index is 917. The lowest BCUT2D eigenvalue weighted by atomic mass is 9.86. The highest BCUT2D eigenvalue weighted by atomic mass is 16.5. The highest BCUT2D eigenvalue weighted by Crippen LogP contribution is 2.39. The number of carbonyl (C=O) groups excluding carboxylic acids is 1. The van der Waals surface area contributed by atoms with Crippen LogP contribution in [0.5, 0.6) is 0 Å². The van der Waals surface area contributed by atoms with Gasteiger partial charge in [0.15, 0.2) is 5.76 Å². The largest absolute Gasteiger partial charge is 0.356 e. The predicted octanol–water partition coefficient (Wildman–Crippen LogP) is 4.84. The molecule has 31 heavy (non-hydrogen) atoms. The van der Waals surface area contributed by atoms with Crippen LogP contribution in [0, 0.1) is 19.8 Å². The van der Waals surface area contributed by atoms with Gasteiger partial charge in [0.1, 0.15) is 0 Å². The molecule has 0 unspecified atom stereocenters. The quantitative estimate of drug-likeness (QED) is 0.682. The molecule has 0 aromatic carbocycles. The number of likely N-dealkylation sites (tertiary alicyclic amines) is 1. The Balaban J connectivity index is 1.69. The van der Waals surface area contributed by atoms with Gasteiger partial charge in [-0.25, -0.2) is 9.97 Å². The third-order valence-electron chi connectivity index (χ3n) is 6.93. The molecule has 3 heterocycles. The summed E-state index contributed by atoms with van der Waals surface area (Å²) >= 11 is 0. The van der Waals surface area contributed by atoms with Crippen LogP contribution in [0.25, 0.3) is 11.3 Å². The van der Waals surface area contributed by atoms with Crippen LogP contribution in [0.1, 0.15) is 80.8 Å². The van der Waals surface area contributed by atoms with Crippen LogP contribution in [0.3, 0.4) is 0 Å². The smallest absolute Gasteiger partial charge is 0.225 e. The Hall–Kier alpha value is -2.44. The molecule has 2 aliphatic rings. The molecule has 2 aromatic rings. The summed E-state index contributed by atoms with van der Waals surface area (Å²) in [5.74, 6) is 2.17. The Kier molecular flexibility index (Phi) is 6.58. The molecule has 168 valence electrons. The molecule has 2 aromatic heterocycles. The maximum Gasteiger partial charge on any atom is 0.225 e. The zero-order valence-electron chi connectivity index (χ0n) is 19.4. The first kappa shape index (κ1) is 21.8. The minimum atomic E-state index is -0.0497. The van der Waals surface area contributed by atoms with Crippen LogP contribution >= 0.6 is 0 Å². The number of hydrogen-bond donors (Lipinski definition) is 0. The maximum absolute atomic E-state index is 13.4. The van der Waals surface area contributed by atoms with E-state index in [0.717, 1.165) is 48.3 Å². The van der Waals surface area contributed by atoms with Gasteiger partial charge in [0.05, 0.1) is 23.0 Å². The second kappa shape index (κ2) is 9.37. The molecule has 0 radical (unpaired) electrons. The van der Waals surface area contributed by atoms with Gasteiger partial charge in [-0.1, -0.05) is 24.4 Å². The van der Waals surface area contributed by atoms with E-state index in [2.05, 4.69) is 15.0 Å². The molecule has 7 heteroatoms. The van der Waals surface area contributed by atoms with Gasteiger partial charge in [-0.3, -0.25) is 4.79 Å². The summed E-state index contributed by atoms with van der Waals surface area (Å²) in [6, 6.07) is -0.0497. The first-order valence-electron chi connectivity index (χ1n) is 11.7. The second-order valence-electron chi connectivity index (χ2n) is 9.39. The fourth-order valence-corrected chi connectivity index (χ4v) is 4.97. The van der Waals surface area contributed by atoms with Crippen molar-refractivity contribution in [3.8, 4) is 11.3 Å². The van der Waals surface area contributed by atoms with Crippen LogP contribution in [0.4, 0.5) is 5.95 Å². The lowest BCUT2D eigenvalue weighted by molar-refractivity contribution is -0.136. The fraction of sp³-hybridized carbons (Fsp3) is 0.667. The number of carbonyl (C=O) groups is 1. The number of nitrogens with zero attached hydrogens (tertiary/aromatic N) is 5. The highest BCUT2D eigenvalue weighted by Gasteiger charge is 2.33. The SMILES string of the molecule is Cc1noc(-c2cnc(N(C)C)nc2[C@H]2CCCCN2C(=O)CC2CCCCC2)c1C. The predicted molar refractivity (Wildman–Crippen MR) is 121 cm³/mol. The molecule has 1 aliphatic heterocycles. The summed E-state index contributed by atoms with van der Waals surface area (Å²) < 4.78 is 5.68. The summed E-state index contributed by atoms with van der Waals surface area (Å²) in [6.45, 7) is 4.75. The van der Waals surface area contributed by atoms with Gasteiger partial charge in [0, 0.05) is 38.8 Å². The van der Waals surface area contributed by atoms with E-state index in [1.165, 1.54) is 32.1 Å². The first-order chi connectivity index (χ1) is 15.0. The number of piperidine rings is 1. The van der Waals surface area contributed by atoms with Crippen molar-refractivity contribution in [1.82, 2.24) is 20.0 Å². The van der Waals surface area contributed by atoms with Crippen molar-refractivity contribution in [2.75, 3.05) is 25.5 Å². The van der Waals surface area contributed by atoms with Crippen molar-refractivity contribution >= 4 is 11.9 Å². The summed E-state index contributed by atoms with van der Waals surface area (Å²) in [5, 5.41) is 4.15. The Morgan fingerprint density at radius 1 is 1.13 bits per heavy atom. The van der Waals surface area contributed by atoms with E-state index in [0.29, 0.717) is 24.0 Å². The molecule has 0 N–H and O–H groups in total. The van der Waals surface area contributed by atoms with Crippen LogP contribution in [0.2, 0.25) is 0 Å². The highest BCUT2D eigenvalue weighted by molar-refractivity contribution is 5.77. The zero-order chi connectivity index (χ0) is 22.0. The van der Waals surface area contributed by atoms with Crippen LogP contribution in [0.15, 0.2) is 10.7 Å². The van der Waals surface area contributed by atoms with Crippen molar-refractivity contribution in [3.05, 3.63) is 23.1 Å². The van der Waals surface area contributed by atoms with E-state index >= 15 is 0 Å². The zero-order valence-corrected chi connectivity index (χ0v) is 19.4. The molecule has 2 fully saturated rings. The Morgan fingerprint density at radius 3 is 2.55 bits per heavy atom. The van der Waals surface area contributed by atoms with E-state index in [9.17, 15) is 4.79 Å². The monoisotopic (exact) mass is 425 g/mol. The Labute approximate surface area is 185 Å². The molecule has 1 saturated heterocycles. The molecule has 7 nitrogen and oxygen atoms in total. The number of anilines is 1. The molecule has 0 bridgehead atoms. The summed E-state index contributed by atoms with van der Waals surface area (Å²) in [4.78, 5) is 26.9. The van der Waals surface area contributed by atoms with Gasteiger partial charge in [0.25, 0.3) is 0 Å². The van der Waals surface area contributed by atoms with Crippen LogP contribution in [-0.2, 0) is 4.79 Å². The number of rotatable bonds is 5. The molecule has 1 atom stereocenters. The average Bonchev–Trinajstić information content (AvgIpc) is 3.12. The molecule has 0 spiro atoms. The minimum absolute atomic E-state index is 0.0497. The summed E-state index contributed by atoms with van der Waals surface area (Å²) in [5.41, 5.74) is 3.60. The van der Waals surface area contributed by atoms with Gasteiger partial charge in [-0.2, -0.15) is 0 Å². The normalized spacial score (nSPS) is 20.1. The van der Waals surface area contributed by atoms with Crippen molar-refractivity contribution in [3.63, 3.8) is 0 Å². The molecular weight excluding hydrogens is 390 g/mol. The maximum atomic E-state index is 13.4. The molecule has 1 saturated carbocycles. The van der Waals surface area contributed by atoms with Crippen molar-refractivity contribution in [1.29, 1.82) is 0 Å². The topological polar surface area (TPSA) is 75.4 Å². The standard InChI is InChI=1S/C24H35N5O2/c1-16-17(2)27-31-23(16)19-15-25-24(28(3)4)26-22(19)20-12-8-9-13-29(20)21(30)14-18-10-6-5-7-11-18/h15,18,20H,5-14H2,1-4H3/t20-/m1/s1. The van der Waals surface area contributed by atoms with E-state index < -0.39 is 0 Å². The number of aromatic nitrogens is 3. The second-order valence-corrected chi connectivity index (χ2v) is 9.39. The minimum Gasteiger partial charge on any atom is -0.356 e. The van der Waals surface area contributed by atoms with Gasteiger partial charge >= 0.3 is 0 Å². The Morgan fingerprint density at radius 2 is 1.87 bits per heavy atom. The molecule has 1 amide bonds. The van der Waals surface area contributed by atoms with E-state index in [-0.39, 0.29) is 11.9 Å². The molecular formula is C24H35N5O2. The van der Waals surface area contributed by atoms with Gasteiger partial charge in [-0.15, -0.1) is 0 Å². The number of hydrogen-bond acceptors (Lipinski definition) is 6. The van der Waals surface area contributed by atoms with E-state index in [1.807, 2.05) is 39.0 Å². The summed E-state index contributed by atoms with van der Waals surface area (Å²) in [7, 11) is 3.88. The van der Waals surface area contributed by atoms with Crippen molar-refractivity contribution in [2.24, 2.45) is 5.92 Å². The third-order valence-corrected chi connectivity index (χ3v) is 6.93. The average molecular weight is 426 g/mol. The lowest BCUT2D eigenvalue weighted by Gasteiger charge is -2.37. The van der Waals surface area contributed by atoms with Crippen LogP contribution in [-0.4, -0.2) is 46.6 Å². The summed E-state index contributed by atoms with van der Waals surface area (Å²) in [6.07, 6.45) is 11.8. The van der Waals surface area contributed by atoms with Crippen molar-refractivity contribution < 1.29 is 9.32 Å².